The minimum absolute atomic E-state index is 0.0235. The van der Waals surface area contributed by atoms with Crippen LogP contribution < -0.4 is 16.0 Å². The number of aliphatic hydroxyl groups excluding tert-OH is 3. The molecule has 0 radical (unpaired) electrons. The number of H-pyrrole nitrogens is 1. The van der Waals surface area contributed by atoms with Crippen molar-refractivity contribution in [3.8, 4) is 0 Å². The molecule has 0 bridgehead atoms. The second-order valence-corrected chi connectivity index (χ2v) is 25.2. The largest absolute Gasteiger partial charge is 0.462 e. The van der Waals surface area contributed by atoms with Gasteiger partial charge in [-0.15, -0.1) is 0 Å². The zero-order valence-corrected chi connectivity index (χ0v) is 48.5. The first-order valence-electron chi connectivity index (χ1n) is 29.9. The van der Waals surface area contributed by atoms with Gasteiger partial charge in [-0.25, -0.2) is 4.39 Å². The maximum absolute atomic E-state index is 14.0. The maximum atomic E-state index is 14.0. The monoisotopic (exact) mass is 1160 g/mol. The number of piperidine rings is 1. The van der Waals surface area contributed by atoms with Crippen LogP contribution in [-0.2, 0) is 32.0 Å². The number of nitrogens with one attached hydrogen (secondary N) is 4. The van der Waals surface area contributed by atoms with E-state index in [-0.39, 0.29) is 108 Å². The molecule has 4 amide bonds. The summed E-state index contributed by atoms with van der Waals surface area (Å²) >= 11 is 6.16. The SMILES string of the molecule is C[C@@H](CCC(=O)NCCNC(=O)c1ccc(N=Nc2ccccc2CCC(=O)OC2CCN(C(=O)C(Cc3ccc(F)cc3)NC(=O)c3cc4cc(Cl)ccc4[nH]3)CC2)cc1)C1CCC2C3C(C[C@@H](O)[C@]21C)[C@]1(C)CC[C@H](O)CC1C[C@@H]3O. The molecule has 16 nitrogen and oxygen atoms in total. The van der Waals surface area contributed by atoms with Crippen molar-refractivity contribution in [2.45, 2.75) is 141 Å². The number of ether oxygens (including phenoxy) is 1. The molecule has 442 valence electrons. The smallest absolute Gasteiger partial charge is 0.306 e. The van der Waals surface area contributed by atoms with Crippen molar-refractivity contribution in [2.75, 3.05) is 26.2 Å². The van der Waals surface area contributed by atoms with E-state index in [0.717, 1.165) is 55.0 Å². The zero-order chi connectivity index (χ0) is 58.6. The number of amides is 4. The standard InChI is InChI=1S/C65H79ClFN7O9/c1-38(49-19-20-50-60-51(37-57(77)65(49,50)3)64(2)27-24-47(75)35-43(64)36-56(60)76)8-22-58(78)68-28-29-69-61(80)41-11-17-46(18-12-41)72-73-53-7-5-4-6-40(53)13-23-59(79)83-48-25-30-74(31-26-48)63(82)55(32-39-9-15-45(67)16-10-39)71-62(81)54-34-42-33-44(66)14-21-52(42)70-54/h4-7,9-12,14-18,21,33-34,38,43,47-51,55-57,60,70,75-77H,8,13,19-20,22-32,35-37H2,1-3H3,(H,68,78)(H,69,80)(H,71,81)/t38-,43?,47-,49?,50?,51?,55?,56-,57+,60?,64+,65-/m0/s1. The van der Waals surface area contributed by atoms with Crippen molar-refractivity contribution in [3.05, 3.63) is 130 Å². The second kappa shape index (κ2) is 25.8. The van der Waals surface area contributed by atoms with Crippen LogP contribution in [-0.4, -0.2) is 111 Å². The van der Waals surface area contributed by atoms with E-state index in [2.05, 4.69) is 51.9 Å². The molecule has 83 heavy (non-hydrogen) atoms. The van der Waals surface area contributed by atoms with Crippen LogP contribution in [0.4, 0.5) is 15.8 Å². The molecule has 2 heterocycles. The first-order chi connectivity index (χ1) is 39.9. The van der Waals surface area contributed by atoms with Gasteiger partial charge in [0.15, 0.2) is 0 Å². The van der Waals surface area contributed by atoms with E-state index in [4.69, 9.17) is 16.3 Å². The van der Waals surface area contributed by atoms with Gasteiger partial charge in [0.1, 0.15) is 23.7 Å². The fourth-order valence-corrected chi connectivity index (χ4v) is 15.5. The normalized spacial score (nSPS) is 27.7. The minimum atomic E-state index is -0.943. The van der Waals surface area contributed by atoms with Crippen molar-refractivity contribution in [3.63, 3.8) is 0 Å². The molecule has 7 N–H and O–H groups in total. The Morgan fingerprint density at radius 1 is 0.819 bits per heavy atom. The Bertz CT molecular complexity index is 3170. The van der Waals surface area contributed by atoms with E-state index in [0.29, 0.717) is 79.1 Å². The average molecular weight is 1160 g/mol. The number of halogens is 2. The number of carbonyl (C=O) groups is 5. The summed E-state index contributed by atoms with van der Waals surface area (Å²) in [6.45, 7) is 7.93. The molecule has 18 heteroatoms. The molecule has 1 aromatic heterocycles. The van der Waals surface area contributed by atoms with Crippen LogP contribution in [0.2, 0.25) is 5.02 Å². The van der Waals surface area contributed by atoms with Crippen molar-refractivity contribution >= 4 is 63.5 Å². The van der Waals surface area contributed by atoms with Crippen LogP contribution in [0, 0.1) is 52.2 Å². The molecule has 0 spiro atoms. The highest BCUT2D eigenvalue weighted by Crippen LogP contribution is 2.68. The topological polar surface area (TPSA) is 235 Å². The van der Waals surface area contributed by atoms with Crippen LogP contribution in [0.15, 0.2) is 107 Å². The van der Waals surface area contributed by atoms with Crippen molar-refractivity contribution in [1.82, 2.24) is 25.8 Å². The van der Waals surface area contributed by atoms with E-state index in [1.54, 1.807) is 65.6 Å². The molecule has 6 unspecified atom stereocenters. The Morgan fingerprint density at radius 3 is 2.34 bits per heavy atom. The highest BCUT2D eigenvalue weighted by atomic mass is 35.5. The van der Waals surface area contributed by atoms with Crippen LogP contribution in [0.1, 0.15) is 130 Å². The molecule has 1 aliphatic heterocycles. The van der Waals surface area contributed by atoms with E-state index < -0.39 is 36.1 Å². The van der Waals surface area contributed by atoms with Crippen LogP contribution in [0.3, 0.4) is 0 Å². The molecule has 4 aromatic carbocycles. The molecule has 1 saturated heterocycles. The highest BCUT2D eigenvalue weighted by Gasteiger charge is 2.65. The van der Waals surface area contributed by atoms with E-state index in [9.17, 15) is 43.7 Å². The summed E-state index contributed by atoms with van der Waals surface area (Å²) in [6.07, 6.45) is 6.68. The number of fused-ring (bicyclic) bond motifs is 6. The maximum Gasteiger partial charge on any atom is 0.306 e. The molecule has 10 rings (SSSR count). The molecular weight excluding hydrogens is 1080 g/mol. The first kappa shape index (κ1) is 59.6. The van der Waals surface area contributed by atoms with Gasteiger partial charge >= 0.3 is 5.97 Å². The lowest BCUT2D eigenvalue weighted by Crippen LogP contribution is -2.62. The summed E-state index contributed by atoms with van der Waals surface area (Å²) in [7, 11) is 0. The first-order valence-corrected chi connectivity index (χ1v) is 30.2. The Labute approximate surface area is 489 Å². The summed E-state index contributed by atoms with van der Waals surface area (Å²) in [5.41, 5.74) is 3.69. The van der Waals surface area contributed by atoms with Crippen LogP contribution in [0.25, 0.3) is 10.9 Å². The number of benzene rings is 4. The molecule has 5 fully saturated rings. The number of azo groups is 1. The number of nitrogens with zero attached hydrogens (tertiary/aromatic N) is 3. The fourth-order valence-electron chi connectivity index (χ4n) is 15.3. The van der Waals surface area contributed by atoms with Gasteiger partial charge in [-0.2, -0.15) is 10.2 Å². The van der Waals surface area contributed by atoms with Gasteiger partial charge in [-0.05, 0) is 182 Å². The van der Waals surface area contributed by atoms with Crippen molar-refractivity contribution in [2.24, 2.45) is 56.6 Å². The lowest BCUT2D eigenvalue weighted by atomic mass is 9.43. The summed E-state index contributed by atoms with van der Waals surface area (Å²) in [4.78, 5) is 71.5. The lowest BCUT2D eigenvalue weighted by Gasteiger charge is -2.63. The van der Waals surface area contributed by atoms with Gasteiger partial charge in [-0.3, -0.25) is 24.0 Å². The summed E-state index contributed by atoms with van der Waals surface area (Å²) < 4.78 is 19.6. The van der Waals surface area contributed by atoms with E-state index in [1.807, 2.05) is 24.3 Å². The number of hydrogen-bond acceptors (Lipinski definition) is 11. The molecule has 4 saturated carbocycles. The number of hydrogen-bond donors (Lipinski definition) is 7. The number of aryl methyl sites for hydroxylation is 1. The Hall–Kier alpha value is -6.53. The minimum Gasteiger partial charge on any atom is -0.462 e. The molecule has 5 aromatic rings. The van der Waals surface area contributed by atoms with Crippen LogP contribution >= 0.6 is 11.6 Å². The van der Waals surface area contributed by atoms with Crippen LogP contribution in [0.5, 0.6) is 0 Å². The third-order valence-electron chi connectivity index (χ3n) is 19.9. The van der Waals surface area contributed by atoms with E-state index >= 15 is 0 Å². The van der Waals surface area contributed by atoms with Gasteiger partial charge in [0.05, 0.1) is 29.7 Å². The van der Waals surface area contributed by atoms with Gasteiger partial charge in [0, 0.05) is 79.8 Å². The highest BCUT2D eigenvalue weighted by molar-refractivity contribution is 6.31. The summed E-state index contributed by atoms with van der Waals surface area (Å²) in [6, 6.07) is 25.8. The molecule has 4 aliphatic carbocycles. The number of aliphatic hydroxyl groups is 3. The Kier molecular flexibility index (Phi) is 18.5. The Balaban J connectivity index is 0.633. The lowest BCUT2D eigenvalue weighted by molar-refractivity contribution is -0.207. The number of carbonyl (C=O) groups excluding carboxylic acids is 5. The summed E-state index contributed by atoms with van der Waals surface area (Å²) in [5.74, 6) is -0.581. The van der Waals surface area contributed by atoms with Gasteiger partial charge in [0.2, 0.25) is 11.8 Å². The fraction of sp³-hybridized carbons (Fsp3) is 0.523. The third kappa shape index (κ3) is 13.4. The predicted octanol–water partition coefficient (Wildman–Crippen LogP) is 10.1. The number of aromatic nitrogens is 1. The van der Waals surface area contributed by atoms with E-state index in [1.165, 1.54) is 12.1 Å². The van der Waals surface area contributed by atoms with Gasteiger partial charge < -0.3 is 45.9 Å². The van der Waals surface area contributed by atoms with Crippen molar-refractivity contribution in [1.29, 1.82) is 0 Å². The molecule has 12 atom stereocenters. The Morgan fingerprint density at radius 2 is 1.57 bits per heavy atom. The number of likely N-dealkylation sites (tertiary alicyclic amines) is 1. The second-order valence-electron chi connectivity index (χ2n) is 24.8. The molecule has 5 aliphatic rings. The zero-order valence-electron chi connectivity index (χ0n) is 47.7. The quantitative estimate of drug-likeness (QED) is 0.0236. The van der Waals surface area contributed by atoms with Gasteiger partial charge in [0.25, 0.3) is 11.8 Å². The van der Waals surface area contributed by atoms with Crippen molar-refractivity contribution < 1.29 is 48.4 Å². The average Bonchev–Trinajstić information content (AvgIpc) is 2.43. The molecular formula is C65H79ClFN7O9. The number of rotatable bonds is 19. The van der Waals surface area contributed by atoms with Gasteiger partial charge in [-0.1, -0.05) is 62.7 Å². The number of esters is 1. The number of aromatic amines is 1. The summed E-state index contributed by atoms with van der Waals surface area (Å²) in [5, 5.41) is 52.9. The third-order valence-corrected chi connectivity index (χ3v) is 20.1. The predicted molar refractivity (Wildman–Crippen MR) is 313 cm³/mol.